The summed E-state index contributed by atoms with van der Waals surface area (Å²) in [5.74, 6) is 0. The third-order valence-electron chi connectivity index (χ3n) is 3.38. The van der Waals surface area contributed by atoms with E-state index in [-0.39, 0.29) is 0 Å². The van der Waals surface area contributed by atoms with Crippen LogP contribution in [-0.2, 0) is 20.6 Å². The first-order valence-corrected chi connectivity index (χ1v) is 7.39. The molecule has 0 saturated carbocycles. The van der Waals surface area contributed by atoms with Crippen LogP contribution in [0.1, 0.15) is 11.1 Å². The number of aromatic nitrogens is 4. The highest BCUT2D eigenvalue weighted by molar-refractivity contribution is 6.30. The van der Waals surface area contributed by atoms with Crippen LogP contribution in [0, 0.1) is 11.3 Å². The zero-order valence-electron chi connectivity index (χ0n) is 12.8. The topological polar surface area (TPSA) is 71.5 Å². The van der Waals surface area contributed by atoms with E-state index in [1.54, 1.807) is 21.6 Å². The second kappa shape index (κ2) is 6.15. The molecule has 3 rings (SSSR count). The molecule has 116 valence electrons. The zero-order chi connectivity index (χ0) is 16.4. The molecule has 0 unspecified atom stereocenters. The molecule has 0 atom stereocenters. The molecule has 7 heteroatoms. The molecule has 0 bridgehead atoms. The van der Waals surface area contributed by atoms with Crippen molar-refractivity contribution in [1.82, 2.24) is 19.6 Å². The van der Waals surface area contributed by atoms with Gasteiger partial charge < -0.3 is 5.32 Å². The van der Waals surface area contributed by atoms with Gasteiger partial charge in [-0.1, -0.05) is 11.6 Å². The lowest BCUT2D eigenvalue weighted by molar-refractivity contribution is 0.766. The lowest BCUT2D eigenvalue weighted by Crippen LogP contribution is -2.00. The highest BCUT2D eigenvalue weighted by Gasteiger charge is 2.12. The molecule has 1 aromatic carbocycles. The minimum Gasteiger partial charge on any atom is -0.378 e. The molecule has 23 heavy (non-hydrogen) atoms. The number of nitrogens with zero attached hydrogens (tertiary/aromatic N) is 5. The van der Waals surface area contributed by atoms with Crippen LogP contribution >= 0.6 is 11.6 Å². The molecule has 2 aromatic heterocycles. The molecule has 1 N–H and O–H groups in total. The van der Waals surface area contributed by atoms with E-state index in [0.29, 0.717) is 17.1 Å². The highest BCUT2D eigenvalue weighted by atomic mass is 35.5. The smallest absolute Gasteiger partial charge is 0.119 e. The van der Waals surface area contributed by atoms with E-state index in [1.807, 2.05) is 38.6 Å². The van der Waals surface area contributed by atoms with Gasteiger partial charge in [-0.2, -0.15) is 15.5 Å². The first-order valence-electron chi connectivity index (χ1n) is 7.01. The Bertz CT molecular complexity index is 886. The standard InChI is InChI=1S/C16H15ClN6/c1-22-9-13(8-20-22)16-15(10-23(2)21-16)19-7-12-3-11(6-18)4-14(17)5-12/h3-5,8-10,19H,7H2,1-2H3. The Kier molecular flexibility index (Phi) is 4.04. The molecule has 0 amide bonds. The van der Waals surface area contributed by atoms with Gasteiger partial charge in [0, 0.05) is 43.6 Å². The molecule has 0 saturated heterocycles. The average molecular weight is 327 g/mol. The van der Waals surface area contributed by atoms with E-state index in [2.05, 4.69) is 21.6 Å². The second-order valence-electron chi connectivity index (χ2n) is 5.28. The first kappa shape index (κ1) is 15.1. The normalized spacial score (nSPS) is 10.5. The lowest BCUT2D eigenvalue weighted by atomic mass is 10.1. The van der Waals surface area contributed by atoms with E-state index in [0.717, 1.165) is 22.5 Å². The van der Waals surface area contributed by atoms with Crippen LogP contribution in [-0.4, -0.2) is 19.6 Å². The predicted octanol–water partition coefficient (Wildman–Crippen LogP) is 2.96. The third-order valence-corrected chi connectivity index (χ3v) is 3.59. The van der Waals surface area contributed by atoms with Crippen molar-refractivity contribution in [2.45, 2.75) is 6.54 Å². The van der Waals surface area contributed by atoms with Gasteiger partial charge in [0.15, 0.2) is 0 Å². The maximum Gasteiger partial charge on any atom is 0.119 e. The summed E-state index contributed by atoms with van der Waals surface area (Å²) in [6, 6.07) is 7.42. The Balaban J connectivity index is 1.84. The van der Waals surface area contributed by atoms with Crippen LogP contribution < -0.4 is 5.32 Å². The second-order valence-corrected chi connectivity index (χ2v) is 5.72. The van der Waals surface area contributed by atoms with Crippen molar-refractivity contribution in [3.8, 4) is 17.3 Å². The molecular formula is C16H15ClN6. The number of halogens is 1. The van der Waals surface area contributed by atoms with Crippen molar-refractivity contribution in [2.24, 2.45) is 14.1 Å². The van der Waals surface area contributed by atoms with Crippen LogP contribution in [0.5, 0.6) is 0 Å². The number of nitrogens with one attached hydrogen (secondary N) is 1. The molecule has 0 radical (unpaired) electrons. The Morgan fingerprint density at radius 1 is 1.22 bits per heavy atom. The molecule has 2 heterocycles. The predicted molar refractivity (Wildman–Crippen MR) is 88.9 cm³/mol. The van der Waals surface area contributed by atoms with Crippen molar-refractivity contribution in [1.29, 1.82) is 5.26 Å². The summed E-state index contributed by atoms with van der Waals surface area (Å²) in [4.78, 5) is 0. The molecule has 0 aliphatic carbocycles. The number of benzene rings is 1. The zero-order valence-corrected chi connectivity index (χ0v) is 13.5. The van der Waals surface area contributed by atoms with Crippen molar-refractivity contribution >= 4 is 17.3 Å². The van der Waals surface area contributed by atoms with Gasteiger partial charge in [0.2, 0.25) is 0 Å². The van der Waals surface area contributed by atoms with Gasteiger partial charge in [-0.15, -0.1) is 0 Å². The molecule has 0 aliphatic rings. The molecule has 0 fully saturated rings. The van der Waals surface area contributed by atoms with Gasteiger partial charge in [-0.3, -0.25) is 9.36 Å². The van der Waals surface area contributed by atoms with E-state index in [4.69, 9.17) is 16.9 Å². The number of nitriles is 1. The van der Waals surface area contributed by atoms with Crippen molar-refractivity contribution in [3.05, 3.63) is 52.9 Å². The summed E-state index contributed by atoms with van der Waals surface area (Å²) in [6.07, 6.45) is 5.61. The molecule has 0 spiro atoms. The summed E-state index contributed by atoms with van der Waals surface area (Å²) in [5, 5.41) is 21.6. The maximum atomic E-state index is 9.02. The van der Waals surface area contributed by atoms with Gasteiger partial charge in [0.25, 0.3) is 0 Å². The monoisotopic (exact) mass is 326 g/mol. The Morgan fingerprint density at radius 3 is 2.74 bits per heavy atom. The van der Waals surface area contributed by atoms with Crippen molar-refractivity contribution in [3.63, 3.8) is 0 Å². The van der Waals surface area contributed by atoms with Crippen LogP contribution in [0.25, 0.3) is 11.3 Å². The Morgan fingerprint density at radius 2 is 2.04 bits per heavy atom. The minimum atomic E-state index is 0.549. The van der Waals surface area contributed by atoms with Crippen molar-refractivity contribution in [2.75, 3.05) is 5.32 Å². The van der Waals surface area contributed by atoms with E-state index in [1.165, 1.54) is 0 Å². The van der Waals surface area contributed by atoms with Gasteiger partial charge in [0.05, 0.1) is 23.5 Å². The largest absolute Gasteiger partial charge is 0.378 e. The maximum absolute atomic E-state index is 9.02. The summed E-state index contributed by atoms with van der Waals surface area (Å²) in [6.45, 7) is 0.550. The molecule has 3 aromatic rings. The van der Waals surface area contributed by atoms with Crippen LogP contribution in [0.15, 0.2) is 36.8 Å². The number of hydrogen-bond donors (Lipinski definition) is 1. The molecule has 0 aliphatic heterocycles. The fourth-order valence-corrected chi connectivity index (χ4v) is 2.65. The summed E-state index contributed by atoms with van der Waals surface area (Å²) in [5.41, 5.74) is 4.17. The van der Waals surface area contributed by atoms with Crippen LogP contribution in [0.2, 0.25) is 5.02 Å². The highest BCUT2D eigenvalue weighted by Crippen LogP contribution is 2.26. The fraction of sp³-hybridized carbons (Fsp3) is 0.188. The van der Waals surface area contributed by atoms with Crippen LogP contribution in [0.3, 0.4) is 0 Å². The fourth-order valence-electron chi connectivity index (χ4n) is 2.39. The molecular weight excluding hydrogens is 312 g/mol. The van der Waals surface area contributed by atoms with Gasteiger partial charge in [-0.05, 0) is 23.8 Å². The quantitative estimate of drug-likeness (QED) is 0.800. The van der Waals surface area contributed by atoms with Gasteiger partial charge in [-0.25, -0.2) is 0 Å². The SMILES string of the molecule is Cn1cc(-c2nn(C)cc2NCc2cc(Cl)cc(C#N)c2)cn1. The van der Waals surface area contributed by atoms with E-state index >= 15 is 0 Å². The van der Waals surface area contributed by atoms with Crippen LogP contribution in [0.4, 0.5) is 5.69 Å². The number of hydrogen-bond acceptors (Lipinski definition) is 4. The Hall–Kier alpha value is -2.78. The van der Waals surface area contributed by atoms with Crippen molar-refractivity contribution < 1.29 is 0 Å². The first-order chi connectivity index (χ1) is 11.0. The Labute approximate surface area is 138 Å². The lowest BCUT2D eigenvalue weighted by Gasteiger charge is -2.07. The molecule has 6 nitrogen and oxygen atoms in total. The number of rotatable bonds is 4. The van der Waals surface area contributed by atoms with Gasteiger partial charge in [0.1, 0.15) is 5.69 Å². The minimum absolute atomic E-state index is 0.549. The summed E-state index contributed by atoms with van der Waals surface area (Å²) in [7, 11) is 3.74. The van der Waals surface area contributed by atoms with Gasteiger partial charge >= 0.3 is 0 Å². The number of anilines is 1. The average Bonchev–Trinajstić information content (AvgIpc) is 3.10. The summed E-state index contributed by atoms with van der Waals surface area (Å²) < 4.78 is 3.49. The third kappa shape index (κ3) is 3.35. The van der Waals surface area contributed by atoms with E-state index < -0.39 is 0 Å². The van der Waals surface area contributed by atoms with E-state index in [9.17, 15) is 0 Å². The number of aryl methyl sites for hydroxylation is 2. The summed E-state index contributed by atoms with van der Waals surface area (Å²) >= 11 is 6.04.